The summed E-state index contributed by atoms with van der Waals surface area (Å²) in [5.41, 5.74) is 1.30. The third-order valence-corrected chi connectivity index (χ3v) is 5.00. The summed E-state index contributed by atoms with van der Waals surface area (Å²) in [7, 11) is 5.36. The number of nitro groups is 1. The van der Waals surface area contributed by atoms with Crippen LogP contribution in [0.4, 0.5) is 5.69 Å². The third-order valence-electron chi connectivity index (χ3n) is 3.90. The minimum Gasteiger partial charge on any atom is -0.493 e. The van der Waals surface area contributed by atoms with Crippen LogP contribution in [0.3, 0.4) is 0 Å². The fraction of sp³-hybridized carbons (Fsp3) is 0.368. The Labute approximate surface area is 158 Å². The fourth-order valence-electron chi connectivity index (χ4n) is 2.56. The van der Waals surface area contributed by atoms with Crippen LogP contribution in [0.1, 0.15) is 12.0 Å². The van der Waals surface area contributed by atoms with Crippen LogP contribution in [0.15, 0.2) is 47.4 Å². The number of thioether (sulfide) groups is 1. The van der Waals surface area contributed by atoms with Crippen LogP contribution in [-0.2, 0) is 6.54 Å². The van der Waals surface area contributed by atoms with E-state index in [0.717, 1.165) is 41.7 Å². The zero-order chi connectivity index (χ0) is 18.9. The third kappa shape index (κ3) is 5.93. The standard InChI is InChI=1S/C19H24N2O4S/c1-20(14-15-5-10-18(24-2)19(13-15)25-3)11-4-12-26-17-8-6-16(7-9-17)21(22)23/h5-10,13H,4,11-12,14H2,1-3H3. The second-order valence-electron chi connectivity index (χ2n) is 5.88. The first kappa shape index (κ1) is 20.1. The van der Waals surface area contributed by atoms with Crippen LogP contribution in [0, 0.1) is 10.1 Å². The Morgan fingerprint density at radius 1 is 1.08 bits per heavy atom. The molecule has 0 radical (unpaired) electrons. The molecule has 0 bridgehead atoms. The van der Waals surface area contributed by atoms with E-state index < -0.39 is 0 Å². The number of nitro benzene ring substituents is 1. The molecule has 0 heterocycles. The summed E-state index contributed by atoms with van der Waals surface area (Å²) in [6, 6.07) is 12.7. The van der Waals surface area contributed by atoms with Gasteiger partial charge in [0.05, 0.1) is 19.1 Å². The topological polar surface area (TPSA) is 64.8 Å². The molecule has 0 fully saturated rings. The summed E-state index contributed by atoms with van der Waals surface area (Å²) >= 11 is 1.71. The fourth-order valence-corrected chi connectivity index (χ4v) is 3.40. The molecular formula is C19H24N2O4S. The van der Waals surface area contributed by atoms with E-state index in [1.54, 1.807) is 50.2 Å². The van der Waals surface area contributed by atoms with E-state index in [1.165, 1.54) is 5.56 Å². The average Bonchev–Trinajstić information content (AvgIpc) is 2.65. The highest BCUT2D eigenvalue weighted by atomic mass is 32.2. The number of benzene rings is 2. The SMILES string of the molecule is COc1ccc(CN(C)CCCSc2ccc([N+](=O)[O-])cc2)cc1OC. The molecule has 2 aromatic rings. The Morgan fingerprint density at radius 3 is 2.38 bits per heavy atom. The van der Waals surface area contributed by atoms with Gasteiger partial charge in [0.1, 0.15) is 0 Å². The molecule has 0 saturated heterocycles. The van der Waals surface area contributed by atoms with E-state index >= 15 is 0 Å². The number of hydrogen-bond donors (Lipinski definition) is 0. The van der Waals surface area contributed by atoms with Crippen LogP contribution in [0.2, 0.25) is 0 Å². The number of non-ortho nitro benzene ring substituents is 1. The molecule has 2 aromatic carbocycles. The van der Waals surface area contributed by atoms with Gasteiger partial charge >= 0.3 is 0 Å². The van der Waals surface area contributed by atoms with Gasteiger partial charge in [0.2, 0.25) is 0 Å². The first-order valence-corrected chi connectivity index (χ1v) is 9.28. The molecule has 140 valence electrons. The van der Waals surface area contributed by atoms with Gasteiger partial charge < -0.3 is 14.4 Å². The summed E-state index contributed by atoms with van der Waals surface area (Å²) in [5.74, 6) is 2.44. The molecule has 0 saturated carbocycles. The maximum absolute atomic E-state index is 10.7. The van der Waals surface area contributed by atoms with Crippen LogP contribution in [0.5, 0.6) is 11.5 Å². The summed E-state index contributed by atoms with van der Waals surface area (Å²) < 4.78 is 10.6. The van der Waals surface area contributed by atoms with Crippen molar-refractivity contribution < 1.29 is 14.4 Å². The zero-order valence-electron chi connectivity index (χ0n) is 15.3. The van der Waals surface area contributed by atoms with Crippen molar-refractivity contribution in [3.63, 3.8) is 0 Å². The Kier molecular flexibility index (Phi) is 7.74. The van der Waals surface area contributed by atoms with Crippen LogP contribution in [-0.4, -0.2) is 43.4 Å². The van der Waals surface area contributed by atoms with E-state index in [1.807, 2.05) is 18.2 Å². The maximum atomic E-state index is 10.7. The van der Waals surface area contributed by atoms with Crippen molar-refractivity contribution in [1.29, 1.82) is 0 Å². The molecule has 0 unspecified atom stereocenters. The molecule has 0 aromatic heterocycles. The lowest BCUT2D eigenvalue weighted by atomic mass is 10.2. The van der Waals surface area contributed by atoms with Crippen LogP contribution >= 0.6 is 11.8 Å². The number of nitrogens with zero attached hydrogens (tertiary/aromatic N) is 2. The summed E-state index contributed by atoms with van der Waals surface area (Å²) in [5, 5.41) is 10.7. The van der Waals surface area contributed by atoms with Crippen molar-refractivity contribution in [2.24, 2.45) is 0 Å². The minimum absolute atomic E-state index is 0.129. The minimum atomic E-state index is -0.377. The van der Waals surface area contributed by atoms with Crippen molar-refractivity contribution in [1.82, 2.24) is 4.90 Å². The van der Waals surface area contributed by atoms with Gasteiger partial charge in [-0.3, -0.25) is 10.1 Å². The molecule has 0 aliphatic rings. The Balaban J connectivity index is 1.75. The van der Waals surface area contributed by atoms with Gasteiger partial charge in [0, 0.05) is 23.6 Å². The van der Waals surface area contributed by atoms with Gasteiger partial charge in [-0.1, -0.05) is 6.07 Å². The first-order chi connectivity index (χ1) is 12.5. The second-order valence-corrected chi connectivity index (χ2v) is 7.05. The van der Waals surface area contributed by atoms with E-state index in [9.17, 15) is 10.1 Å². The molecule has 0 amide bonds. The van der Waals surface area contributed by atoms with Crippen molar-refractivity contribution >= 4 is 17.4 Å². The average molecular weight is 376 g/mol. The van der Waals surface area contributed by atoms with E-state index in [0.29, 0.717) is 0 Å². The van der Waals surface area contributed by atoms with E-state index in [4.69, 9.17) is 9.47 Å². The quantitative estimate of drug-likeness (QED) is 0.268. The molecule has 0 atom stereocenters. The lowest BCUT2D eigenvalue weighted by molar-refractivity contribution is -0.384. The molecule has 0 N–H and O–H groups in total. The molecule has 26 heavy (non-hydrogen) atoms. The summed E-state index contributed by atoms with van der Waals surface area (Å²) in [6.45, 7) is 1.80. The molecule has 0 spiro atoms. The van der Waals surface area contributed by atoms with E-state index in [2.05, 4.69) is 11.9 Å². The van der Waals surface area contributed by atoms with Gasteiger partial charge in [-0.25, -0.2) is 0 Å². The summed E-state index contributed by atoms with van der Waals surface area (Å²) in [4.78, 5) is 13.6. The van der Waals surface area contributed by atoms with Crippen molar-refractivity contribution in [3.8, 4) is 11.5 Å². The van der Waals surface area contributed by atoms with Gasteiger partial charge in [-0.15, -0.1) is 11.8 Å². The highest BCUT2D eigenvalue weighted by molar-refractivity contribution is 7.99. The van der Waals surface area contributed by atoms with Crippen LogP contribution in [0.25, 0.3) is 0 Å². The predicted octanol–water partition coefficient (Wildman–Crippen LogP) is 4.23. The molecular weight excluding hydrogens is 352 g/mol. The maximum Gasteiger partial charge on any atom is 0.269 e. The highest BCUT2D eigenvalue weighted by Gasteiger charge is 2.07. The van der Waals surface area contributed by atoms with E-state index in [-0.39, 0.29) is 10.6 Å². The summed E-state index contributed by atoms with van der Waals surface area (Å²) in [6.07, 6.45) is 1.03. The Hall–Kier alpha value is -2.25. The Bertz CT molecular complexity index is 722. The largest absolute Gasteiger partial charge is 0.493 e. The zero-order valence-corrected chi connectivity index (χ0v) is 16.1. The number of hydrogen-bond acceptors (Lipinski definition) is 6. The number of rotatable bonds is 10. The monoisotopic (exact) mass is 376 g/mol. The smallest absolute Gasteiger partial charge is 0.269 e. The normalized spacial score (nSPS) is 10.8. The second kappa shape index (κ2) is 10.0. The van der Waals surface area contributed by atoms with Crippen LogP contribution < -0.4 is 9.47 Å². The Morgan fingerprint density at radius 2 is 1.77 bits per heavy atom. The number of methoxy groups -OCH3 is 2. The lowest BCUT2D eigenvalue weighted by Gasteiger charge is -2.17. The lowest BCUT2D eigenvalue weighted by Crippen LogP contribution is -2.19. The molecule has 0 aliphatic heterocycles. The van der Waals surface area contributed by atoms with Gasteiger partial charge in [-0.05, 0) is 55.6 Å². The highest BCUT2D eigenvalue weighted by Crippen LogP contribution is 2.28. The molecule has 7 heteroatoms. The first-order valence-electron chi connectivity index (χ1n) is 8.30. The van der Waals surface area contributed by atoms with Gasteiger partial charge in [0.15, 0.2) is 11.5 Å². The predicted molar refractivity (Wildman–Crippen MR) is 104 cm³/mol. The molecule has 2 rings (SSSR count). The van der Waals surface area contributed by atoms with Crippen molar-refractivity contribution in [2.45, 2.75) is 17.9 Å². The number of ether oxygens (including phenoxy) is 2. The van der Waals surface area contributed by atoms with Gasteiger partial charge in [-0.2, -0.15) is 0 Å². The van der Waals surface area contributed by atoms with Gasteiger partial charge in [0.25, 0.3) is 5.69 Å². The molecule has 0 aliphatic carbocycles. The van der Waals surface area contributed by atoms with Crippen molar-refractivity contribution in [3.05, 3.63) is 58.1 Å². The van der Waals surface area contributed by atoms with Crippen molar-refractivity contribution in [2.75, 3.05) is 33.6 Å². The molecule has 6 nitrogen and oxygen atoms in total.